The summed E-state index contributed by atoms with van der Waals surface area (Å²) in [7, 11) is -1.22. The molecule has 0 aromatic heterocycles. The van der Waals surface area contributed by atoms with Crippen molar-refractivity contribution in [3.63, 3.8) is 0 Å². The molecule has 0 bridgehead atoms. The Morgan fingerprint density at radius 2 is 1.92 bits per heavy atom. The molecule has 1 heterocycles. The van der Waals surface area contributed by atoms with E-state index in [4.69, 9.17) is 4.74 Å². The van der Waals surface area contributed by atoms with Crippen LogP contribution in [-0.4, -0.2) is 35.4 Å². The normalized spacial score (nSPS) is 14.5. The standard InChI is InChI=1S/C17H16N2O4S/c1-24(22)15-9-5-2-6-12(15)18-16(20)10-19-13-7-3-4-8-14(13)23-11-17(19)21/h2-9H,10-11H2,1H3,(H,18,20)/t24-/m0/s1. The van der Waals surface area contributed by atoms with Crippen LogP contribution in [0.4, 0.5) is 11.4 Å². The number of hydrogen-bond donors (Lipinski definition) is 1. The zero-order chi connectivity index (χ0) is 17.1. The molecule has 1 N–H and O–H groups in total. The van der Waals surface area contributed by atoms with E-state index in [1.54, 1.807) is 54.8 Å². The maximum absolute atomic E-state index is 12.4. The summed E-state index contributed by atoms with van der Waals surface area (Å²) >= 11 is 0. The van der Waals surface area contributed by atoms with Gasteiger partial charge in [-0.15, -0.1) is 0 Å². The van der Waals surface area contributed by atoms with E-state index in [9.17, 15) is 13.8 Å². The zero-order valence-electron chi connectivity index (χ0n) is 13.0. The third-order valence-electron chi connectivity index (χ3n) is 3.58. The van der Waals surface area contributed by atoms with E-state index in [1.807, 2.05) is 0 Å². The summed E-state index contributed by atoms with van der Waals surface area (Å²) in [4.78, 5) is 26.4. The first-order chi connectivity index (χ1) is 11.6. The highest BCUT2D eigenvalue weighted by atomic mass is 32.2. The van der Waals surface area contributed by atoms with Gasteiger partial charge in [-0.05, 0) is 24.3 Å². The summed E-state index contributed by atoms with van der Waals surface area (Å²) in [5.74, 6) is -0.0749. The van der Waals surface area contributed by atoms with Gasteiger partial charge in [0.15, 0.2) is 6.61 Å². The molecule has 0 radical (unpaired) electrons. The Labute approximate surface area is 141 Å². The average Bonchev–Trinajstić information content (AvgIpc) is 2.58. The average molecular weight is 344 g/mol. The smallest absolute Gasteiger partial charge is 0.265 e. The largest absolute Gasteiger partial charge is 0.482 e. The van der Waals surface area contributed by atoms with Crippen molar-refractivity contribution in [2.45, 2.75) is 4.90 Å². The summed E-state index contributed by atoms with van der Waals surface area (Å²) in [5.41, 5.74) is 1.05. The predicted molar refractivity (Wildman–Crippen MR) is 91.7 cm³/mol. The summed E-state index contributed by atoms with van der Waals surface area (Å²) in [6.45, 7) is -0.232. The Bertz CT molecular complexity index is 822. The minimum atomic E-state index is -1.22. The van der Waals surface area contributed by atoms with Crippen molar-refractivity contribution in [2.75, 3.05) is 29.6 Å². The lowest BCUT2D eigenvalue weighted by atomic mass is 10.2. The van der Waals surface area contributed by atoms with E-state index in [2.05, 4.69) is 5.32 Å². The number of hydrogen-bond acceptors (Lipinski definition) is 4. The molecular formula is C17H16N2O4S. The number of ether oxygens (including phenoxy) is 1. The third-order valence-corrected chi connectivity index (χ3v) is 4.56. The minimum absolute atomic E-state index is 0.0974. The fourth-order valence-corrected chi connectivity index (χ4v) is 3.18. The number of nitrogens with one attached hydrogen (secondary N) is 1. The molecule has 2 aromatic rings. The van der Waals surface area contributed by atoms with Crippen LogP contribution < -0.4 is 15.0 Å². The highest BCUT2D eigenvalue weighted by Crippen LogP contribution is 2.31. The van der Waals surface area contributed by atoms with Gasteiger partial charge in [0, 0.05) is 6.26 Å². The van der Waals surface area contributed by atoms with Gasteiger partial charge in [0.2, 0.25) is 5.91 Å². The molecule has 0 fully saturated rings. The van der Waals surface area contributed by atoms with E-state index in [-0.39, 0.29) is 25.0 Å². The third kappa shape index (κ3) is 3.30. The van der Waals surface area contributed by atoms with Crippen molar-refractivity contribution in [2.24, 2.45) is 0 Å². The van der Waals surface area contributed by atoms with Gasteiger partial charge in [0.1, 0.15) is 12.3 Å². The van der Waals surface area contributed by atoms with Crippen molar-refractivity contribution in [3.8, 4) is 5.75 Å². The Hall–Kier alpha value is -2.67. The molecule has 2 amide bonds. The van der Waals surface area contributed by atoms with Crippen LogP contribution >= 0.6 is 0 Å². The second-order valence-corrected chi connectivity index (χ2v) is 6.58. The number of nitrogens with zero attached hydrogens (tertiary/aromatic N) is 1. The number of anilines is 2. The first kappa shape index (κ1) is 16.2. The lowest BCUT2D eigenvalue weighted by molar-refractivity contribution is -0.123. The van der Waals surface area contributed by atoms with Gasteiger partial charge < -0.3 is 10.1 Å². The number of para-hydroxylation sites is 3. The fraction of sp³-hybridized carbons (Fsp3) is 0.176. The van der Waals surface area contributed by atoms with Crippen molar-refractivity contribution >= 4 is 34.0 Å². The van der Waals surface area contributed by atoms with E-state index in [0.29, 0.717) is 22.0 Å². The molecule has 7 heteroatoms. The van der Waals surface area contributed by atoms with E-state index in [0.717, 1.165) is 0 Å². The molecule has 24 heavy (non-hydrogen) atoms. The maximum atomic E-state index is 12.4. The minimum Gasteiger partial charge on any atom is -0.482 e. The number of amides is 2. The molecule has 0 saturated carbocycles. The molecule has 1 aliphatic rings. The molecule has 2 aromatic carbocycles. The van der Waals surface area contributed by atoms with Crippen LogP contribution in [0.25, 0.3) is 0 Å². The number of rotatable bonds is 4. The highest BCUT2D eigenvalue weighted by Gasteiger charge is 2.27. The lowest BCUT2D eigenvalue weighted by Crippen LogP contribution is -2.43. The van der Waals surface area contributed by atoms with Gasteiger partial charge in [0.05, 0.1) is 27.1 Å². The molecule has 1 atom stereocenters. The fourth-order valence-electron chi connectivity index (χ4n) is 2.48. The van der Waals surface area contributed by atoms with Gasteiger partial charge in [0.25, 0.3) is 5.91 Å². The Kier molecular flexibility index (Phi) is 4.61. The number of benzene rings is 2. The Morgan fingerprint density at radius 1 is 1.21 bits per heavy atom. The molecular weight excluding hydrogens is 328 g/mol. The molecule has 1 aliphatic heterocycles. The van der Waals surface area contributed by atoms with E-state index >= 15 is 0 Å². The number of carbonyl (C=O) groups excluding carboxylic acids is 2. The molecule has 0 aliphatic carbocycles. The van der Waals surface area contributed by atoms with Crippen LogP contribution in [0.2, 0.25) is 0 Å². The molecule has 0 saturated heterocycles. The van der Waals surface area contributed by atoms with Gasteiger partial charge >= 0.3 is 0 Å². The molecule has 0 unspecified atom stereocenters. The van der Waals surface area contributed by atoms with Crippen LogP contribution in [0.1, 0.15) is 0 Å². The van der Waals surface area contributed by atoms with Crippen molar-refractivity contribution in [1.82, 2.24) is 0 Å². The Balaban J connectivity index is 1.79. The first-order valence-corrected chi connectivity index (χ1v) is 8.86. The van der Waals surface area contributed by atoms with E-state index in [1.165, 1.54) is 4.90 Å². The summed E-state index contributed by atoms with van der Waals surface area (Å²) in [6, 6.07) is 14.0. The van der Waals surface area contributed by atoms with Crippen molar-refractivity contribution < 1.29 is 18.5 Å². The quantitative estimate of drug-likeness (QED) is 0.917. The van der Waals surface area contributed by atoms with Crippen molar-refractivity contribution in [1.29, 1.82) is 0 Å². The molecule has 0 spiro atoms. The molecule has 124 valence electrons. The second kappa shape index (κ2) is 6.84. The SMILES string of the molecule is C[S@](=O)c1ccccc1NC(=O)CN1C(=O)COc2ccccc21. The highest BCUT2D eigenvalue weighted by molar-refractivity contribution is 7.84. The number of carbonyl (C=O) groups is 2. The molecule has 6 nitrogen and oxygen atoms in total. The first-order valence-electron chi connectivity index (χ1n) is 7.31. The lowest BCUT2D eigenvalue weighted by Gasteiger charge is -2.28. The van der Waals surface area contributed by atoms with Crippen LogP contribution in [0.15, 0.2) is 53.4 Å². The topological polar surface area (TPSA) is 75.7 Å². The monoisotopic (exact) mass is 344 g/mol. The van der Waals surface area contributed by atoms with Gasteiger partial charge in [-0.1, -0.05) is 24.3 Å². The van der Waals surface area contributed by atoms with Crippen LogP contribution in [0, 0.1) is 0 Å². The molecule has 3 rings (SSSR count). The predicted octanol–water partition coefficient (Wildman–Crippen LogP) is 1.79. The summed E-state index contributed by atoms with van der Waals surface area (Å²) in [6.07, 6.45) is 1.55. The van der Waals surface area contributed by atoms with Gasteiger partial charge in [-0.25, -0.2) is 0 Å². The maximum Gasteiger partial charge on any atom is 0.265 e. The van der Waals surface area contributed by atoms with Gasteiger partial charge in [-0.2, -0.15) is 0 Å². The number of fused-ring (bicyclic) bond motifs is 1. The van der Waals surface area contributed by atoms with Crippen LogP contribution in [-0.2, 0) is 20.4 Å². The van der Waals surface area contributed by atoms with Crippen molar-refractivity contribution in [3.05, 3.63) is 48.5 Å². The van der Waals surface area contributed by atoms with Gasteiger partial charge in [-0.3, -0.25) is 18.7 Å². The van der Waals surface area contributed by atoms with E-state index < -0.39 is 10.8 Å². The second-order valence-electron chi connectivity index (χ2n) is 5.23. The van der Waals surface area contributed by atoms with Crippen LogP contribution in [0.3, 0.4) is 0 Å². The summed E-state index contributed by atoms with van der Waals surface area (Å²) in [5, 5.41) is 2.72. The Morgan fingerprint density at radius 3 is 2.71 bits per heavy atom. The summed E-state index contributed by atoms with van der Waals surface area (Å²) < 4.78 is 17.1. The van der Waals surface area contributed by atoms with Crippen LogP contribution in [0.5, 0.6) is 5.75 Å². The zero-order valence-corrected chi connectivity index (χ0v) is 13.8.